The van der Waals surface area contributed by atoms with Crippen LogP contribution in [0.25, 0.3) is 0 Å². The van der Waals surface area contributed by atoms with Gasteiger partial charge in [-0.15, -0.1) is 0 Å². The summed E-state index contributed by atoms with van der Waals surface area (Å²) in [5.74, 6) is -0.336. The molecule has 1 saturated heterocycles. The molecule has 0 saturated carbocycles. The average molecular weight is 277 g/mol. The van der Waals surface area contributed by atoms with Gasteiger partial charge in [-0.3, -0.25) is 0 Å². The van der Waals surface area contributed by atoms with E-state index in [9.17, 15) is 18.8 Å². The lowest BCUT2D eigenvalue weighted by Crippen LogP contribution is -2.50. The lowest BCUT2D eigenvalue weighted by molar-refractivity contribution is 0.00803. The summed E-state index contributed by atoms with van der Waals surface area (Å²) in [7, 11) is -3.24. The molecule has 0 radical (unpaired) electrons. The van der Waals surface area contributed by atoms with Gasteiger partial charge < -0.3 is 5.11 Å². The summed E-state index contributed by atoms with van der Waals surface area (Å²) in [4.78, 5) is 0. The van der Waals surface area contributed by atoms with Gasteiger partial charge in [-0.05, 0) is 30.4 Å². The van der Waals surface area contributed by atoms with E-state index in [2.05, 4.69) is 6.07 Å². The SMILES string of the molecule is N#CC1(C2(O)CCS(=O)(=O)C2)CCc2ccccc21. The Labute approximate surface area is 112 Å². The molecule has 4 nitrogen and oxygen atoms in total. The fraction of sp³-hybridized carbons (Fsp3) is 0.500. The molecule has 1 aromatic rings. The summed E-state index contributed by atoms with van der Waals surface area (Å²) in [5.41, 5.74) is -0.681. The fourth-order valence-corrected chi connectivity index (χ4v) is 5.40. The van der Waals surface area contributed by atoms with Crippen LogP contribution in [0.1, 0.15) is 24.0 Å². The van der Waals surface area contributed by atoms with Crippen LogP contribution in [0, 0.1) is 11.3 Å². The van der Waals surface area contributed by atoms with E-state index in [4.69, 9.17) is 0 Å². The Morgan fingerprint density at radius 1 is 1.26 bits per heavy atom. The Balaban J connectivity index is 2.16. The fourth-order valence-electron chi connectivity index (χ4n) is 3.48. The van der Waals surface area contributed by atoms with Gasteiger partial charge in [0.05, 0.1) is 17.6 Å². The highest BCUT2D eigenvalue weighted by Gasteiger charge is 2.59. The summed E-state index contributed by atoms with van der Waals surface area (Å²) in [6.07, 6.45) is 1.36. The molecule has 1 N–H and O–H groups in total. The highest BCUT2D eigenvalue weighted by atomic mass is 32.2. The summed E-state index contributed by atoms with van der Waals surface area (Å²) in [6.45, 7) is 0. The van der Waals surface area contributed by atoms with E-state index in [1.807, 2.05) is 24.3 Å². The van der Waals surface area contributed by atoms with Crippen LogP contribution in [0.2, 0.25) is 0 Å². The Morgan fingerprint density at radius 2 is 2.00 bits per heavy atom. The lowest BCUT2D eigenvalue weighted by Gasteiger charge is -2.37. The van der Waals surface area contributed by atoms with Crippen molar-refractivity contribution in [2.75, 3.05) is 11.5 Å². The number of sulfone groups is 1. The minimum Gasteiger partial charge on any atom is -0.387 e. The van der Waals surface area contributed by atoms with Crippen LogP contribution in [0.4, 0.5) is 0 Å². The van der Waals surface area contributed by atoms with Crippen LogP contribution in [0.3, 0.4) is 0 Å². The number of hydrogen-bond donors (Lipinski definition) is 1. The van der Waals surface area contributed by atoms with E-state index in [-0.39, 0.29) is 17.9 Å². The number of aryl methyl sites for hydroxylation is 1. The van der Waals surface area contributed by atoms with Gasteiger partial charge in [0.25, 0.3) is 0 Å². The Morgan fingerprint density at radius 3 is 2.63 bits per heavy atom. The maximum absolute atomic E-state index is 11.7. The smallest absolute Gasteiger partial charge is 0.153 e. The van der Waals surface area contributed by atoms with Crippen LogP contribution in [-0.4, -0.2) is 30.6 Å². The maximum Gasteiger partial charge on any atom is 0.153 e. The van der Waals surface area contributed by atoms with Crippen molar-refractivity contribution in [1.82, 2.24) is 0 Å². The molecule has 1 aromatic carbocycles. The molecule has 2 aliphatic rings. The van der Waals surface area contributed by atoms with Crippen molar-refractivity contribution in [3.63, 3.8) is 0 Å². The van der Waals surface area contributed by atoms with Gasteiger partial charge in [0.1, 0.15) is 11.0 Å². The van der Waals surface area contributed by atoms with E-state index >= 15 is 0 Å². The third kappa shape index (κ3) is 1.63. The quantitative estimate of drug-likeness (QED) is 0.828. The number of nitriles is 1. The van der Waals surface area contributed by atoms with Crippen LogP contribution < -0.4 is 0 Å². The van der Waals surface area contributed by atoms with E-state index in [0.717, 1.165) is 11.1 Å². The number of fused-ring (bicyclic) bond motifs is 1. The second-order valence-corrected chi connectivity index (χ2v) is 7.73. The highest BCUT2D eigenvalue weighted by Crippen LogP contribution is 2.49. The van der Waals surface area contributed by atoms with Gasteiger partial charge >= 0.3 is 0 Å². The van der Waals surface area contributed by atoms with Gasteiger partial charge in [0.2, 0.25) is 0 Å². The maximum atomic E-state index is 11.7. The lowest BCUT2D eigenvalue weighted by atomic mass is 9.68. The van der Waals surface area contributed by atoms with Crippen molar-refractivity contribution in [1.29, 1.82) is 5.26 Å². The van der Waals surface area contributed by atoms with Crippen LogP contribution in [0.5, 0.6) is 0 Å². The number of nitrogens with zero attached hydrogens (tertiary/aromatic N) is 1. The first-order chi connectivity index (χ1) is 8.93. The van der Waals surface area contributed by atoms with E-state index < -0.39 is 20.9 Å². The van der Waals surface area contributed by atoms with Gasteiger partial charge in [0, 0.05) is 0 Å². The molecular formula is C14H15NO3S. The number of rotatable bonds is 1. The molecule has 5 heteroatoms. The molecule has 1 aliphatic heterocycles. The zero-order valence-electron chi connectivity index (χ0n) is 10.5. The summed E-state index contributed by atoms with van der Waals surface area (Å²) in [5, 5.41) is 20.5. The summed E-state index contributed by atoms with van der Waals surface area (Å²) >= 11 is 0. The number of benzene rings is 1. The van der Waals surface area contributed by atoms with Gasteiger partial charge in [-0.1, -0.05) is 24.3 Å². The highest BCUT2D eigenvalue weighted by molar-refractivity contribution is 7.91. The average Bonchev–Trinajstić information content (AvgIpc) is 2.89. The molecule has 2 unspecified atom stereocenters. The molecule has 19 heavy (non-hydrogen) atoms. The van der Waals surface area contributed by atoms with Gasteiger partial charge in [-0.25, -0.2) is 8.42 Å². The van der Waals surface area contributed by atoms with Crippen LogP contribution >= 0.6 is 0 Å². The van der Waals surface area contributed by atoms with Crippen molar-refractivity contribution < 1.29 is 13.5 Å². The second kappa shape index (κ2) is 3.81. The molecule has 1 aliphatic carbocycles. The van der Waals surface area contributed by atoms with Crippen LogP contribution in [-0.2, 0) is 21.7 Å². The van der Waals surface area contributed by atoms with E-state index in [1.165, 1.54) is 0 Å². The minimum absolute atomic E-state index is 0.0326. The van der Waals surface area contributed by atoms with Gasteiger partial charge in [0.15, 0.2) is 9.84 Å². The van der Waals surface area contributed by atoms with Crippen molar-refractivity contribution in [2.45, 2.75) is 30.3 Å². The predicted molar refractivity (Wildman–Crippen MR) is 70.3 cm³/mol. The number of aliphatic hydroxyl groups is 1. The molecule has 3 rings (SSSR count). The van der Waals surface area contributed by atoms with Gasteiger partial charge in [-0.2, -0.15) is 5.26 Å². The third-order valence-electron chi connectivity index (χ3n) is 4.52. The normalized spacial score (nSPS) is 35.8. The monoisotopic (exact) mass is 277 g/mol. The Kier molecular flexibility index (Phi) is 2.54. The Bertz CT molecular complexity index is 676. The van der Waals surface area contributed by atoms with Crippen molar-refractivity contribution >= 4 is 9.84 Å². The molecule has 2 atom stereocenters. The second-order valence-electron chi connectivity index (χ2n) is 5.55. The molecule has 100 valence electrons. The molecule has 0 aromatic heterocycles. The zero-order valence-corrected chi connectivity index (χ0v) is 11.3. The van der Waals surface area contributed by atoms with E-state index in [0.29, 0.717) is 12.8 Å². The third-order valence-corrected chi connectivity index (χ3v) is 6.26. The first-order valence-electron chi connectivity index (χ1n) is 6.35. The largest absolute Gasteiger partial charge is 0.387 e. The zero-order chi connectivity index (χ0) is 13.7. The first-order valence-corrected chi connectivity index (χ1v) is 8.17. The number of hydrogen-bond acceptors (Lipinski definition) is 4. The molecule has 0 spiro atoms. The van der Waals surface area contributed by atoms with Crippen LogP contribution in [0.15, 0.2) is 24.3 Å². The van der Waals surface area contributed by atoms with E-state index in [1.54, 1.807) is 0 Å². The molecule has 1 fully saturated rings. The topological polar surface area (TPSA) is 78.2 Å². The predicted octanol–water partition coefficient (Wildman–Crippen LogP) is 0.944. The molecular weight excluding hydrogens is 262 g/mol. The molecule has 0 amide bonds. The minimum atomic E-state index is -3.24. The Hall–Kier alpha value is -1.38. The summed E-state index contributed by atoms with van der Waals surface area (Å²) < 4.78 is 23.4. The van der Waals surface area contributed by atoms with Crippen molar-refractivity contribution in [3.8, 4) is 6.07 Å². The standard InChI is InChI=1S/C14H15NO3S/c15-9-13(14(16)7-8-19(17,18)10-14)6-5-11-3-1-2-4-12(11)13/h1-4,16H,5-8,10H2. The van der Waals surface area contributed by atoms with Crippen molar-refractivity contribution in [3.05, 3.63) is 35.4 Å². The molecule has 1 heterocycles. The first kappa shape index (κ1) is 12.6. The van der Waals surface area contributed by atoms with Crippen molar-refractivity contribution in [2.24, 2.45) is 0 Å². The summed E-state index contributed by atoms with van der Waals surface area (Å²) in [6, 6.07) is 9.77. The molecule has 0 bridgehead atoms.